The first-order valence-electron chi connectivity index (χ1n) is 9.96. The van der Waals surface area contributed by atoms with Gasteiger partial charge >= 0.3 is 0 Å². The van der Waals surface area contributed by atoms with E-state index in [1.54, 1.807) is 6.20 Å². The van der Waals surface area contributed by atoms with Gasteiger partial charge in [0.05, 0.1) is 12.1 Å². The van der Waals surface area contributed by atoms with Gasteiger partial charge < -0.3 is 15.2 Å². The zero-order chi connectivity index (χ0) is 20.1. The van der Waals surface area contributed by atoms with Crippen LogP contribution in [0.1, 0.15) is 12.8 Å². The molecule has 1 aliphatic heterocycles. The maximum atomic E-state index is 12.4. The van der Waals surface area contributed by atoms with Crippen molar-refractivity contribution in [2.24, 2.45) is 5.92 Å². The van der Waals surface area contributed by atoms with Crippen molar-refractivity contribution in [2.45, 2.75) is 12.8 Å². The Morgan fingerprint density at radius 1 is 1.14 bits per heavy atom. The highest BCUT2D eigenvalue weighted by atomic mass is 16.5. The van der Waals surface area contributed by atoms with Crippen LogP contribution >= 0.6 is 0 Å². The minimum Gasteiger partial charge on any atom is -0.457 e. The summed E-state index contributed by atoms with van der Waals surface area (Å²) in [4.78, 5) is 18.9. The van der Waals surface area contributed by atoms with E-state index >= 15 is 0 Å². The second-order valence-corrected chi connectivity index (χ2v) is 7.41. The number of pyridine rings is 1. The molecule has 0 aliphatic carbocycles. The summed E-state index contributed by atoms with van der Waals surface area (Å²) in [5.74, 6) is 1.71. The molecule has 2 aromatic carbocycles. The van der Waals surface area contributed by atoms with Crippen molar-refractivity contribution in [1.82, 2.24) is 9.88 Å². The Hall–Kier alpha value is -2.96. The Morgan fingerprint density at radius 3 is 2.79 bits per heavy atom. The van der Waals surface area contributed by atoms with Gasteiger partial charge in [-0.15, -0.1) is 0 Å². The number of aliphatic hydroxyl groups excluding tert-OH is 1. The molecule has 0 radical (unpaired) electrons. The van der Waals surface area contributed by atoms with Crippen molar-refractivity contribution in [2.75, 3.05) is 31.6 Å². The number of aromatic nitrogens is 1. The van der Waals surface area contributed by atoms with Crippen LogP contribution in [-0.4, -0.2) is 47.1 Å². The summed E-state index contributed by atoms with van der Waals surface area (Å²) in [7, 11) is 0. The number of nitrogens with one attached hydrogen (secondary N) is 1. The fourth-order valence-electron chi connectivity index (χ4n) is 3.65. The lowest BCUT2D eigenvalue weighted by Crippen LogP contribution is -2.39. The second kappa shape index (κ2) is 9.03. The quantitative estimate of drug-likeness (QED) is 0.671. The minimum atomic E-state index is -0.0426. The first kappa shape index (κ1) is 19.4. The predicted octanol–water partition coefficient (Wildman–Crippen LogP) is 3.67. The van der Waals surface area contributed by atoms with Crippen LogP contribution in [0.3, 0.4) is 0 Å². The van der Waals surface area contributed by atoms with Crippen molar-refractivity contribution in [3.8, 4) is 11.5 Å². The van der Waals surface area contributed by atoms with E-state index in [2.05, 4.69) is 15.2 Å². The van der Waals surface area contributed by atoms with E-state index in [0.29, 0.717) is 23.9 Å². The van der Waals surface area contributed by atoms with Crippen LogP contribution in [0.15, 0.2) is 60.8 Å². The summed E-state index contributed by atoms with van der Waals surface area (Å²) in [5, 5.41) is 13.1. The van der Waals surface area contributed by atoms with Gasteiger partial charge in [-0.2, -0.15) is 0 Å². The number of benzene rings is 2. The second-order valence-electron chi connectivity index (χ2n) is 7.41. The molecule has 1 fully saturated rings. The van der Waals surface area contributed by atoms with Gasteiger partial charge in [0.25, 0.3) is 0 Å². The third-order valence-electron chi connectivity index (χ3n) is 5.29. The zero-order valence-corrected chi connectivity index (χ0v) is 16.3. The SMILES string of the molecule is O=C(CN1CCC(CO)CC1)Nc1cccc(Oc2ccnc3ccccc23)c1. The predicted molar refractivity (Wildman–Crippen MR) is 113 cm³/mol. The average Bonchev–Trinajstić information content (AvgIpc) is 2.75. The number of carbonyl (C=O) groups is 1. The lowest BCUT2D eigenvalue weighted by molar-refractivity contribution is -0.117. The van der Waals surface area contributed by atoms with Crippen LogP contribution in [0, 0.1) is 5.92 Å². The zero-order valence-electron chi connectivity index (χ0n) is 16.3. The molecule has 0 bridgehead atoms. The number of ether oxygens (including phenoxy) is 1. The maximum absolute atomic E-state index is 12.4. The highest BCUT2D eigenvalue weighted by molar-refractivity contribution is 5.92. The molecule has 6 nitrogen and oxygen atoms in total. The number of anilines is 1. The van der Waals surface area contributed by atoms with E-state index in [1.165, 1.54) is 0 Å². The molecule has 1 amide bonds. The number of likely N-dealkylation sites (tertiary alicyclic amines) is 1. The number of amides is 1. The average molecular weight is 391 g/mol. The third-order valence-corrected chi connectivity index (χ3v) is 5.29. The Bertz CT molecular complexity index is 979. The van der Waals surface area contributed by atoms with Crippen molar-refractivity contribution >= 4 is 22.5 Å². The number of nitrogens with zero attached hydrogens (tertiary/aromatic N) is 2. The largest absolute Gasteiger partial charge is 0.457 e. The first-order valence-corrected chi connectivity index (χ1v) is 9.96. The molecular weight excluding hydrogens is 366 g/mol. The fraction of sp³-hybridized carbons (Fsp3) is 0.304. The van der Waals surface area contributed by atoms with Crippen LogP contribution in [0.5, 0.6) is 11.5 Å². The lowest BCUT2D eigenvalue weighted by atomic mass is 9.98. The van der Waals surface area contributed by atoms with Crippen LogP contribution < -0.4 is 10.1 Å². The minimum absolute atomic E-state index is 0.0426. The summed E-state index contributed by atoms with van der Waals surface area (Å²) in [6.07, 6.45) is 3.60. The summed E-state index contributed by atoms with van der Waals surface area (Å²) in [6.45, 7) is 2.28. The van der Waals surface area contributed by atoms with Gasteiger partial charge in [-0.1, -0.05) is 18.2 Å². The molecule has 3 aromatic rings. The van der Waals surface area contributed by atoms with E-state index in [1.807, 2.05) is 54.6 Å². The number of hydrogen-bond acceptors (Lipinski definition) is 5. The van der Waals surface area contributed by atoms with Gasteiger partial charge in [0.2, 0.25) is 5.91 Å². The van der Waals surface area contributed by atoms with Crippen LogP contribution in [0.4, 0.5) is 5.69 Å². The molecule has 2 heterocycles. The molecule has 0 atom stereocenters. The van der Waals surface area contributed by atoms with Gasteiger partial charge in [0.15, 0.2) is 0 Å². The summed E-state index contributed by atoms with van der Waals surface area (Å²) in [5.41, 5.74) is 1.58. The Labute approximate surface area is 170 Å². The maximum Gasteiger partial charge on any atom is 0.238 e. The number of carbonyl (C=O) groups excluding carboxylic acids is 1. The molecule has 6 heteroatoms. The van der Waals surface area contributed by atoms with Crippen LogP contribution in [0.25, 0.3) is 10.9 Å². The Kier molecular flexibility index (Phi) is 6.03. The molecule has 4 rings (SSSR count). The van der Waals surface area contributed by atoms with E-state index < -0.39 is 0 Å². The van der Waals surface area contributed by atoms with Gasteiger partial charge in [0, 0.05) is 29.9 Å². The van der Waals surface area contributed by atoms with Crippen molar-refractivity contribution in [3.05, 3.63) is 60.8 Å². The van der Waals surface area contributed by atoms with Gasteiger partial charge in [-0.25, -0.2) is 0 Å². The van der Waals surface area contributed by atoms with Crippen molar-refractivity contribution in [1.29, 1.82) is 0 Å². The summed E-state index contributed by atoms with van der Waals surface area (Å²) in [6, 6.07) is 17.1. The number of para-hydroxylation sites is 1. The topological polar surface area (TPSA) is 74.7 Å². The van der Waals surface area contributed by atoms with E-state index in [9.17, 15) is 9.90 Å². The van der Waals surface area contributed by atoms with E-state index in [0.717, 1.165) is 42.6 Å². The molecule has 150 valence electrons. The lowest BCUT2D eigenvalue weighted by Gasteiger charge is -2.30. The Morgan fingerprint density at radius 2 is 1.97 bits per heavy atom. The van der Waals surface area contributed by atoms with Gasteiger partial charge in [-0.3, -0.25) is 14.7 Å². The number of hydrogen-bond donors (Lipinski definition) is 2. The molecule has 2 N–H and O–H groups in total. The first-order chi connectivity index (χ1) is 14.2. The standard InChI is InChI=1S/C23H25N3O3/c27-16-17-9-12-26(13-10-17)15-23(28)25-18-4-3-5-19(14-18)29-22-8-11-24-21-7-2-1-6-20(21)22/h1-8,11,14,17,27H,9-10,12-13,15-16H2,(H,25,28). The molecule has 1 saturated heterocycles. The van der Waals surface area contributed by atoms with E-state index in [-0.39, 0.29) is 12.5 Å². The summed E-state index contributed by atoms with van der Waals surface area (Å²) >= 11 is 0. The molecule has 0 spiro atoms. The number of aliphatic hydroxyl groups is 1. The molecule has 1 aromatic heterocycles. The van der Waals surface area contributed by atoms with Crippen molar-refractivity contribution in [3.63, 3.8) is 0 Å². The van der Waals surface area contributed by atoms with E-state index in [4.69, 9.17) is 4.74 Å². The number of piperidine rings is 1. The Balaban J connectivity index is 1.39. The fourth-order valence-corrected chi connectivity index (χ4v) is 3.65. The third kappa shape index (κ3) is 4.91. The van der Waals surface area contributed by atoms with Crippen LogP contribution in [-0.2, 0) is 4.79 Å². The molecule has 1 aliphatic rings. The molecule has 29 heavy (non-hydrogen) atoms. The highest BCUT2D eigenvalue weighted by Gasteiger charge is 2.20. The number of fused-ring (bicyclic) bond motifs is 1. The van der Waals surface area contributed by atoms with Crippen LogP contribution in [0.2, 0.25) is 0 Å². The monoisotopic (exact) mass is 391 g/mol. The summed E-state index contributed by atoms with van der Waals surface area (Å²) < 4.78 is 6.06. The smallest absolute Gasteiger partial charge is 0.238 e. The van der Waals surface area contributed by atoms with Gasteiger partial charge in [0.1, 0.15) is 11.5 Å². The van der Waals surface area contributed by atoms with Crippen molar-refractivity contribution < 1.29 is 14.6 Å². The highest BCUT2D eigenvalue weighted by Crippen LogP contribution is 2.29. The molecular formula is C23H25N3O3. The van der Waals surface area contributed by atoms with Gasteiger partial charge in [-0.05, 0) is 62.2 Å². The molecule has 0 saturated carbocycles. The molecule has 0 unspecified atom stereocenters. The number of rotatable bonds is 6. The normalized spacial score (nSPS) is 15.3.